The number of aliphatic carboxylic acids is 1. The molecule has 1 aromatic carbocycles. The van der Waals surface area contributed by atoms with Gasteiger partial charge in [0.25, 0.3) is 0 Å². The number of hydrogen-bond donors (Lipinski definition) is 1. The van der Waals surface area contributed by atoms with Gasteiger partial charge in [-0.25, -0.2) is 9.59 Å². The van der Waals surface area contributed by atoms with Gasteiger partial charge in [-0.2, -0.15) is 0 Å². The Balaban J connectivity index is 3.06. The molecule has 0 atom stereocenters. The Morgan fingerprint density at radius 2 is 2.05 bits per heavy atom. The second-order valence-corrected chi connectivity index (χ2v) is 4.65. The van der Waals surface area contributed by atoms with Gasteiger partial charge in [0.1, 0.15) is 0 Å². The number of rotatable bonds is 7. The van der Waals surface area contributed by atoms with Gasteiger partial charge in [0.05, 0.1) is 18.2 Å². The fraction of sp³-hybridized carbons (Fsp3) is 0.286. The molecule has 0 saturated heterocycles. The van der Waals surface area contributed by atoms with Gasteiger partial charge in [-0.15, -0.1) is 0 Å². The normalized spacial score (nSPS) is 10.4. The van der Waals surface area contributed by atoms with Crippen LogP contribution >= 0.6 is 15.9 Å². The molecular formula is C14H15BrO6. The second kappa shape index (κ2) is 8.31. The summed E-state index contributed by atoms with van der Waals surface area (Å²) in [5, 5.41) is 8.64. The second-order valence-electron chi connectivity index (χ2n) is 3.80. The summed E-state index contributed by atoms with van der Waals surface area (Å²) in [7, 11) is 1.27. The molecule has 0 aliphatic heterocycles. The summed E-state index contributed by atoms with van der Waals surface area (Å²) in [4.78, 5) is 21.7. The maximum Gasteiger partial charge on any atom is 0.343 e. The van der Waals surface area contributed by atoms with Gasteiger partial charge in [-0.1, -0.05) is 0 Å². The van der Waals surface area contributed by atoms with Crippen LogP contribution in [-0.4, -0.2) is 37.4 Å². The van der Waals surface area contributed by atoms with Crippen molar-refractivity contribution >= 4 is 33.9 Å². The zero-order chi connectivity index (χ0) is 15.8. The van der Waals surface area contributed by atoms with E-state index >= 15 is 0 Å². The van der Waals surface area contributed by atoms with Gasteiger partial charge in [0, 0.05) is 6.08 Å². The van der Waals surface area contributed by atoms with Gasteiger partial charge < -0.3 is 19.3 Å². The number of methoxy groups -OCH3 is 1. The van der Waals surface area contributed by atoms with Crippen molar-refractivity contribution in [1.82, 2.24) is 0 Å². The van der Waals surface area contributed by atoms with Crippen molar-refractivity contribution in [2.24, 2.45) is 0 Å². The number of esters is 1. The summed E-state index contributed by atoms with van der Waals surface area (Å²) in [6, 6.07) is 3.29. The minimum Gasteiger partial charge on any atom is -0.490 e. The van der Waals surface area contributed by atoms with Crippen molar-refractivity contribution < 1.29 is 28.9 Å². The van der Waals surface area contributed by atoms with Crippen molar-refractivity contribution in [3.05, 3.63) is 28.2 Å². The Morgan fingerprint density at radius 3 is 2.62 bits per heavy atom. The fourth-order valence-electron chi connectivity index (χ4n) is 1.44. The van der Waals surface area contributed by atoms with Crippen molar-refractivity contribution in [2.45, 2.75) is 6.92 Å². The molecule has 0 aromatic heterocycles. The van der Waals surface area contributed by atoms with E-state index in [1.807, 2.05) is 0 Å². The molecule has 1 aromatic rings. The number of hydrogen-bond acceptors (Lipinski definition) is 5. The zero-order valence-electron chi connectivity index (χ0n) is 11.6. The molecule has 1 rings (SSSR count). The van der Waals surface area contributed by atoms with Gasteiger partial charge in [0.2, 0.25) is 0 Å². The summed E-state index contributed by atoms with van der Waals surface area (Å²) in [6.45, 7) is 1.95. The van der Waals surface area contributed by atoms with Crippen LogP contribution in [0.4, 0.5) is 0 Å². The summed E-state index contributed by atoms with van der Waals surface area (Å²) in [6.07, 6.45) is 2.45. The largest absolute Gasteiger partial charge is 0.490 e. The van der Waals surface area contributed by atoms with Crippen LogP contribution in [0, 0.1) is 0 Å². The molecule has 0 amide bonds. The molecule has 0 radical (unpaired) electrons. The average molecular weight is 359 g/mol. The molecule has 0 heterocycles. The molecule has 0 spiro atoms. The first-order valence-corrected chi connectivity index (χ1v) is 6.84. The van der Waals surface area contributed by atoms with Crippen molar-refractivity contribution in [3.8, 4) is 11.5 Å². The Hall–Kier alpha value is -2.02. The monoisotopic (exact) mass is 358 g/mol. The lowest BCUT2D eigenvalue weighted by Gasteiger charge is -2.14. The number of carboxylic acid groups (broad SMARTS) is 1. The molecule has 6 nitrogen and oxygen atoms in total. The van der Waals surface area contributed by atoms with Crippen LogP contribution in [0.5, 0.6) is 11.5 Å². The maximum atomic E-state index is 11.1. The van der Waals surface area contributed by atoms with E-state index in [0.29, 0.717) is 28.1 Å². The van der Waals surface area contributed by atoms with E-state index in [-0.39, 0.29) is 6.61 Å². The molecular weight excluding hydrogens is 344 g/mol. The van der Waals surface area contributed by atoms with E-state index in [2.05, 4.69) is 20.7 Å². The molecule has 7 heteroatoms. The van der Waals surface area contributed by atoms with Crippen LogP contribution in [-0.2, 0) is 14.3 Å². The number of carbonyl (C=O) groups excluding carboxylic acids is 1. The molecule has 114 valence electrons. The van der Waals surface area contributed by atoms with Gasteiger partial charge in [-0.05, 0) is 46.6 Å². The van der Waals surface area contributed by atoms with Crippen molar-refractivity contribution in [3.63, 3.8) is 0 Å². The van der Waals surface area contributed by atoms with Gasteiger partial charge in [-0.3, -0.25) is 0 Å². The topological polar surface area (TPSA) is 82.1 Å². The third kappa shape index (κ3) is 5.47. The molecule has 1 N–H and O–H groups in total. The molecule has 0 aliphatic rings. The summed E-state index contributed by atoms with van der Waals surface area (Å²) < 4.78 is 15.9. The van der Waals surface area contributed by atoms with E-state index in [1.165, 1.54) is 13.2 Å². The van der Waals surface area contributed by atoms with E-state index in [0.717, 1.165) is 6.08 Å². The smallest absolute Gasteiger partial charge is 0.343 e. The lowest BCUT2D eigenvalue weighted by Crippen LogP contribution is -2.13. The molecule has 0 saturated carbocycles. The van der Waals surface area contributed by atoms with Crippen LogP contribution in [0.2, 0.25) is 0 Å². The van der Waals surface area contributed by atoms with E-state index in [9.17, 15) is 9.59 Å². The first-order chi connectivity index (χ1) is 9.97. The maximum absolute atomic E-state index is 11.1. The highest BCUT2D eigenvalue weighted by Gasteiger charge is 2.13. The Labute approximate surface area is 130 Å². The highest BCUT2D eigenvalue weighted by atomic mass is 79.9. The van der Waals surface area contributed by atoms with E-state index in [1.54, 1.807) is 19.1 Å². The number of carboxylic acids is 1. The molecule has 0 aliphatic carbocycles. The number of benzene rings is 1. The number of ether oxygens (including phenoxy) is 3. The van der Waals surface area contributed by atoms with E-state index < -0.39 is 11.9 Å². The van der Waals surface area contributed by atoms with Gasteiger partial charge >= 0.3 is 11.9 Å². The zero-order valence-corrected chi connectivity index (χ0v) is 13.2. The van der Waals surface area contributed by atoms with Crippen LogP contribution in [0.3, 0.4) is 0 Å². The predicted octanol–water partition coefficient (Wildman–Crippen LogP) is 2.50. The van der Waals surface area contributed by atoms with Crippen LogP contribution in [0.1, 0.15) is 12.5 Å². The predicted molar refractivity (Wildman–Crippen MR) is 79.5 cm³/mol. The third-order valence-corrected chi connectivity index (χ3v) is 2.90. The summed E-state index contributed by atoms with van der Waals surface area (Å²) in [5.74, 6) is -0.801. The SMILES string of the molecule is CCOc1cc(C=CC(=O)O)cc(Br)c1OCC(=O)OC. The third-order valence-electron chi connectivity index (χ3n) is 2.31. The molecule has 0 bridgehead atoms. The van der Waals surface area contributed by atoms with Crippen LogP contribution < -0.4 is 9.47 Å². The highest BCUT2D eigenvalue weighted by molar-refractivity contribution is 9.10. The first-order valence-electron chi connectivity index (χ1n) is 6.04. The summed E-state index contributed by atoms with van der Waals surface area (Å²) >= 11 is 3.31. The standard InChI is InChI=1S/C14H15BrO6/c1-3-20-11-7-9(4-5-12(16)17)6-10(15)14(11)21-8-13(18)19-2/h4-7H,3,8H2,1-2H3,(H,16,17). The minimum atomic E-state index is -1.05. The molecule has 0 fully saturated rings. The summed E-state index contributed by atoms with van der Waals surface area (Å²) in [5.41, 5.74) is 0.623. The Kier molecular flexibility index (Phi) is 6.74. The molecule has 0 unspecified atom stereocenters. The number of carbonyl (C=O) groups is 2. The lowest BCUT2D eigenvalue weighted by atomic mass is 10.2. The van der Waals surface area contributed by atoms with Crippen molar-refractivity contribution in [1.29, 1.82) is 0 Å². The average Bonchev–Trinajstić information content (AvgIpc) is 2.44. The van der Waals surface area contributed by atoms with Crippen LogP contribution in [0.15, 0.2) is 22.7 Å². The number of halogens is 1. The van der Waals surface area contributed by atoms with Crippen LogP contribution in [0.25, 0.3) is 6.08 Å². The Bertz CT molecular complexity index is 553. The van der Waals surface area contributed by atoms with Crippen molar-refractivity contribution in [2.75, 3.05) is 20.3 Å². The highest BCUT2D eigenvalue weighted by Crippen LogP contribution is 2.37. The Morgan fingerprint density at radius 1 is 1.33 bits per heavy atom. The fourth-order valence-corrected chi connectivity index (χ4v) is 2.02. The van der Waals surface area contributed by atoms with E-state index in [4.69, 9.17) is 14.6 Å². The lowest BCUT2D eigenvalue weighted by molar-refractivity contribution is -0.143. The quantitative estimate of drug-likeness (QED) is 0.595. The minimum absolute atomic E-state index is 0.251. The molecule has 21 heavy (non-hydrogen) atoms. The first kappa shape index (κ1) is 17.0. The van der Waals surface area contributed by atoms with Gasteiger partial charge in [0.15, 0.2) is 18.1 Å².